The third-order valence-corrected chi connectivity index (χ3v) is 4.87. The van der Waals surface area contributed by atoms with Gasteiger partial charge in [0, 0.05) is 17.5 Å². The molecule has 0 aliphatic heterocycles. The molecule has 0 spiro atoms. The monoisotopic (exact) mass is 368 g/mol. The molecule has 0 unspecified atom stereocenters. The zero-order valence-electron chi connectivity index (χ0n) is 14.9. The highest BCUT2D eigenvalue weighted by Crippen LogP contribution is 2.33. The van der Waals surface area contributed by atoms with Gasteiger partial charge in [-0.15, -0.1) is 0 Å². The van der Waals surface area contributed by atoms with Crippen LogP contribution < -0.4 is 10.2 Å². The molecule has 0 saturated carbocycles. The van der Waals surface area contributed by atoms with Crippen LogP contribution in [0.5, 0.6) is 11.5 Å². The Bertz CT molecular complexity index is 1380. The summed E-state index contributed by atoms with van der Waals surface area (Å²) in [5, 5.41) is 12.9. The lowest BCUT2D eigenvalue weighted by Crippen LogP contribution is -2.03. The van der Waals surface area contributed by atoms with Crippen LogP contribution in [0, 0.1) is 0 Å². The molecule has 4 heteroatoms. The molecule has 0 atom stereocenters. The minimum absolute atomic E-state index is 0.149. The van der Waals surface area contributed by atoms with E-state index in [9.17, 15) is 9.90 Å². The zero-order valence-corrected chi connectivity index (χ0v) is 14.9. The fourth-order valence-electron chi connectivity index (χ4n) is 3.49. The second kappa shape index (κ2) is 6.43. The van der Waals surface area contributed by atoms with E-state index < -0.39 is 0 Å². The molecule has 136 valence electrons. The first kappa shape index (κ1) is 16.4. The summed E-state index contributed by atoms with van der Waals surface area (Å²) >= 11 is 0. The maximum atomic E-state index is 13.0. The van der Waals surface area contributed by atoms with E-state index in [4.69, 9.17) is 9.15 Å². The van der Waals surface area contributed by atoms with Crippen LogP contribution in [0.15, 0.2) is 88.1 Å². The Morgan fingerprint density at radius 2 is 1.64 bits per heavy atom. The first-order chi connectivity index (χ1) is 13.7. The molecule has 5 rings (SSSR count). The number of ether oxygens (including phenoxy) is 1. The lowest BCUT2D eigenvalue weighted by molar-refractivity contribution is 0.304. The van der Waals surface area contributed by atoms with Crippen LogP contribution in [0.3, 0.4) is 0 Å². The van der Waals surface area contributed by atoms with Gasteiger partial charge in [-0.1, -0.05) is 60.7 Å². The molecule has 1 heterocycles. The molecule has 1 aromatic heterocycles. The van der Waals surface area contributed by atoms with Crippen molar-refractivity contribution in [2.24, 2.45) is 0 Å². The van der Waals surface area contributed by atoms with Crippen molar-refractivity contribution in [3.8, 4) is 11.5 Å². The SMILES string of the molecule is O=c1c2ccc3ccccc3c2oc2cc(OCc3ccccc3)cc(O)c12. The summed E-state index contributed by atoms with van der Waals surface area (Å²) in [6.07, 6.45) is 0. The molecule has 4 nitrogen and oxygen atoms in total. The first-order valence-electron chi connectivity index (χ1n) is 8.99. The Morgan fingerprint density at radius 1 is 0.857 bits per heavy atom. The number of aromatic hydroxyl groups is 1. The summed E-state index contributed by atoms with van der Waals surface area (Å²) in [7, 11) is 0. The van der Waals surface area contributed by atoms with Crippen LogP contribution in [0.25, 0.3) is 32.7 Å². The molecule has 0 aliphatic rings. The van der Waals surface area contributed by atoms with Crippen LogP contribution in [0.1, 0.15) is 5.56 Å². The highest BCUT2D eigenvalue weighted by atomic mass is 16.5. The largest absolute Gasteiger partial charge is 0.507 e. The van der Waals surface area contributed by atoms with Gasteiger partial charge in [0.2, 0.25) is 5.43 Å². The van der Waals surface area contributed by atoms with Gasteiger partial charge in [-0.25, -0.2) is 0 Å². The topological polar surface area (TPSA) is 59.7 Å². The van der Waals surface area contributed by atoms with Crippen molar-refractivity contribution in [1.29, 1.82) is 0 Å². The quantitative estimate of drug-likeness (QED) is 0.343. The summed E-state index contributed by atoms with van der Waals surface area (Å²) in [5.41, 5.74) is 1.56. The van der Waals surface area contributed by atoms with Crippen molar-refractivity contribution in [2.45, 2.75) is 6.61 Å². The highest BCUT2D eigenvalue weighted by Gasteiger charge is 2.15. The van der Waals surface area contributed by atoms with E-state index in [1.54, 1.807) is 12.1 Å². The molecule has 1 N–H and O–H groups in total. The number of hydrogen-bond acceptors (Lipinski definition) is 4. The smallest absolute Gasteiger partial charge is 0.204 e. The molecule has 0 fully saturated rings. The molecule has 4 aromatic carbocycles. The summed E-state index contributed by atoms with van der Waals surface area (Å²) in [4.78, 5) is 13.0. The highest BCUT2D eigenvalue weighted by molar-refractivity contribution is 6.07. The van der Waals surface area contributed by atoms with E-state index in [2.05, 4.69) is 0 Å². The lowest BCUT2D eigenvalue weighted by Gasteiger charge is -2.10. The molecule has 0 aliphatic carbocycles. The predicted molar refractivity (Wildman–Crippen MR) is 110 cm³/mol. The fourth-order valence-corrected chi connectivity index (χ4v) is 3.49. The molecular weight excluding hydrogens is 352 g/mol. The average molecular weight is 368 g/mol. The van der Waals surface area contributed by atoms with Crippen LogP contribution in [0.4, 0.5) is 0 Å². The van der Waals surface area contributed by atoms with Gasteiger partial charge in [0.05, 0.1) is 5.39 Å². The van der Waals surface area contributed by atoms with E-state index >= 15 is 0 Å². The zero-order chi connectivity index (χ0) is 19.1. The number of fused-ring (bicyclic) bond motifs is 4. The molecule has 0 saturated heterocycles. The van der Waals surface area contributed by atoms with Gasteiger partial charge in [-0.05, 0) is 17.0 Å². The van der Waals surface area contributed by atoms with Gasteiger partial charge in [0.25, 0.3) is 0 Å². The van der Waals surface area contributed by atoms with Gasteiger partial charge in [-0.2, -0.15) is 0 Å². The van der Waals surface area contributed by atoms with Gasteiger partial charge < -0.3 is 14.3 Å². The second-order valence-electron chi connectivity index (χ2n) is 6.68. The number of benzene rings is 4. The van der Waals surface area contributed by atoms with Gasteiger partial charge in [0.15, 0.2) is 0 Å². The maximum Gasteiger partial charge on any atom is 0.204 e. The molecule has 5 aromatic rings. The summed E-state index contributed by atoms with van der Waals surface area (Å²) in [6, 6.07) is 24.2. The van der Waals surface area contributed by atoms with Crippen molar-refractivity contribution in [1.82, 2.24) is 0 Å². The Kier molecular flexibility index (Phi) is 3.76. The van der Waals surface area contributed by atoms with E-state index in [0.29, 0.717) is 28.9 Å². The number of rotatable bonds is 3. The van der Waals surface area contributed by atoms with Crippen molar-refractivity contribution in [3.63, 3.8) is 0 Å². The third-order valence-electron chi connectivity index (χ3n) is 4.87. The number of hydrogen-bond donors (Lipinski definition) is 1. The number of phenolic OH excluding ortho intramolecular Hbond substituents is 1. The molecule has 0 amide bonds. The van der Waals surface area contributed by atoms with Crippen LogP contribution in [0.2, 0.25) is 0 Å². The van der Waals surface area contributed by atoms with Crippen molar-refractivity contribution >= 4 is 32.7 Å². The first-order valence-corrected chi connectivity index (χ1v) is 8.99. The minimum atomic E-state index is -0.255. The summed E-state index contributed by atoms with van der Waals surface area (Å²) < 4.78 is 11.9. The standard InChI is InChI=1S/C24H16O4/c25-20-12-17(27-14-15-6-2-1-3-7-15)13-21-22(20)23(26)19-11-10-16-8-4-5-9-18(16)24(19)28-21/h1-13,25H,14H2. The van der Waals surface area contributed by atoms with E-state index in [0.717, 1.165) is 16.3 Å². The predicted octanol–water partition coefficient (Wildman–Crippen LogP) is 5.38. The summed E-state index contributed by atoms with van der Waals surface area (Å²) in [5.74, 6) is 0.293. The van der Waals surface area contributed by atoms with Crippen LogP contribution >= 0.6 is 0 Å². The molecule has 0 bridgehead atoms. The van der Waals surface area contributed by atoms with Gasteiger partial charge in [-0.3, -0.25) is 4.79 Å². The molecule has 0 radical (unpaired) electrons. The minimum Gasteiger partial charge on any atom is -0.507 e. The fraction of sp³-hybridized carbons (Fsp3) is 0.0417. The third kappa shape index (κ3) is 2.67. The Morgan fingerprint density at radius 3 is 2.50 bits per heavy atom. The van der Waals surface area contributed by atoms with Crippen LogP contribution in [-0.4, -0.2) is 5.11 Å². The van der Waals surface area contributed by atoms with Gasteiger partial charge >= 0.3 is 0 Å². The van der Waals surface area contributed by atoms with E-state index in [-0.39, 0.29) is 16.6 Å². The molecular formula is C24H16O4. The van der Waals surface area contributed by atoms with Gasteiger partial charge in [0.1, 0.15) is 34.7 Å². The van der Waals surface area contributed by atoms with Crippen molar-refractivity contribution < 1.29 is 14.3 Å². The summed E-state index contributed by atoms with van der Waals surface area (Å²) in [6.45, 7) is 0.354. The lowest BCUT2D eigenvalue weighted by atomic mass is 10.1. The normalized spacial score (nSPS) is 11.3. The maximum absolute atomic E-state index is 13.0. The van der Waals surface area contributed by atoms with Crippen LogP contribution in [-0.2, 0) is 6.61 Å². The molecule has 28 heavy (non-hydrogen) atoms. The Labute approximate surface area is 160 Å². The average Bonchev–Trinajstić information content (AvgIpc) is 2.73. The Hall–Kier alpha value is -3.79. The number of phenols is 1. The van der Waals surface area contributed by atoms with Crippen molar-refractivity contribution in [3.05, 3.63) is 94.6 Å². The van der Waals surface area contributed by atoms with Crippen molar-refractivity contribution in [2.75, 3.05) is 0 Å². The second-order valence-corrected chi connectivity index (χ2v) is 6.68. The van der Waals surface area contributed by atoms with E-state index in [1.807, 2.05) is 60.7 Å². The van der Waals surface area contributed by atoms with E-state index in [1.165, 1.54) is 6.07 Å². The Balaban J connectivity index is 1.68.